The number of aliphatic hydroxyl groups is 1. The third kappa shape index (κ3) is 78.0. The van der Waals surface area contributed by atoms with Gasteiger partial charge < -0.3 is 33.8 Å². The number of phosphoric ester groups is 2. The molecule has 3 N–H and O–H groups in total. The molecule has 0 radical (unpaired) electrons. The molecule has 0 fully saturated rings. The first-order valence-electron chi connectivity index (χ1n) is 43.2. The Morgan fingerprint density at radius 1 is 0.243 bits per heavy atom. The van der Waals surface area contributed by atoms with Crippen LogP contribution in [-0.4, -0.2) is 96.7 Å². The summed E-state index contributed by atoms with van der Waals surface area (Å²) in [4.78, 5) is 73.2. The molecule has 0 bridgehead atoms. The first-order valence-corrected chi connectivity index (χ1v) is 46.2. The number of esters is 4. The van der Waals surface area contributed by atoms with Crippen LogP contribution in [0.4, 0.5) is 0 Å². The SMILES string of the molecule is CC(C)CCCCCCCCCCCCCCCCCCCCC(=O)O[C@H](COC(=O)CCCCCCCCCCCCCCCC(C)C)COP(=O)(O)OC[C@@H](O)COP(=O)(O)OC[C@@H](COC(=O)CCCCCCCCCCCC(C)C)OC(=O)CCCCCCCCCCCCCC(C)C. The highest BCUT2D eigenvalue weighted by Crippen LogP contribution is 2.45. The summed E-state index contributed by atoms with van der Waals surface area (Å²) in [6.07, 6.45) is 61.1. The molecule has 103 heavy (non-hydrogen) atoms. The van der Waals surface area contributed by atoms with Gasteiger partial charge >= 0.3 is 39.5 Å². The Kier molecular flexibility index (Phi) is 71.5. The Labute approximate surface area is 632 Å². The van der Waals surface area contributed by atoms with Gasteiger partial charge in [0.1, 0.15) is 19.3 Å². The number of carbonyl (C=O) groups excluding carboxylic acids is 4. The van der Waals surface area contributed by atoms with Crippen LogP contribution in [0.15, 0.2) is 0 Å². The van der Waals surface area contributed by atoms with Crippen molar-refractivity contribution in [2.24, 2.45) is 23.7 Å². The summed E-state index contributed by atoms with van der Waals surface area (Å²) in [6.45, 7) is 14.3. The number of aliphatic hydroxyl groups excluding tert-OH is 1. The predicted molar refractivity (Wildman–Crippen MR) is 423 cm³/mol. The third-order valence-corrected chi connectivity index (χ3v) is 21.5. The first-order chi connectivity index (χ1) is 49.6. The molecular weight excluding hydrogens is 1340 g/mol. The minimum Gasteiger partial charge on any atom is -0.462 e. The van der Waals surface area contributed by atoms with E-state index in [2.05, 4.69) is 55.4 Å². The lowest BCUT2D eigenvalue weighted by atomic mass is 10.0. The van der Waals surface area contributed by atoms with E-state index in [9.17, 15) is 43.2 Å². The Morgan fingerprint density at radius 2 is 0.408 bits per heavy atom. The summed E-state index contributed by atoms with van der Waals surface area (Å²) in [5.41, 5.74) is 0. The zero-order valence-electron chi connectivity index (χ0n) is 68.0. The molecule has 0 aliphatic rings. The summed E-state index contributed by atoms with van der Waals surface area (Å²) in [6, 6.07) is 0. The molecule has 0 aliphatic carbocycles. The smallest absolute Gasteiger partial charge is 0.462 e. The highest BCUT2D eigenvalue weighted by atomic mass is 31.2. The number of unbranched alkanes of at least 4 members (excludes halogenated alkanes) is 47. The highest BCUT2D eigenvalue weighted by Gasteiger charge is 2.30. The van der Waals surface area contributed by atoms with E-state index < -0.39 is 97.5 Å². The summed E-state index contributed by atoms with van der Waals surface area (Å²) in [7, 11) is -9.93. The number of hydrogen-bond acceptors (Lipinski definition) is 15. The van der Waals surface area contributed by atoms with Crippen LogP contribution in [-0.2, 0) is 65.4 Å². The van der Waals surface area contributed by atoms with Gasteiger partial charge in [-0.2, -0.15) is 0 Å². The molecule has 0 spiro atoms. The van der Waals surface area contributed by atoms with Crippen molar-refractivity contribution in [2.45, 2.75) is 453 Å². The van der Waals surface area contributed by atoms with Crippen molar-refractivity contribution in [3.05, 3.63) is 0 Å². The molecule has 2 unspecified atom stereocenters. The van der Waals surface area contributed by atoms with Crippen LogP contribution < -0.4 is 0 Å². The van der Waals surface area contributed by atoms with E-state index >= 15 is 0 Å². The van der Waals surface area contributed by atoms with Crippen LogP contribution in [0, 0.1) is 23.7 Å². The Bertz CT molecular complexity index is 2010. The van der Waals surface area contributed by atoms with E-state index in [4.69, 9.17) is 37.0 Å². The van der Waals surface area contributed by atoms with E-state index in [1.807, 2.05) is 0 Å². The van der Waals surface area contributed by atoms with Gasteiger partial charge in [0.2, 0.25) is 0 Å². The number of hydrogen-bond donors (Lipinski definition) is 3. The lowest BCUT2D eigenvalue weighted by Gasteiger charge is -2.21. The Balaban J connectivity index is 5.25. The molecule has 0 aliphatic heterocycles. The van der Waals surface area contributed by atoms with Gasteiger partial charge in [-0.05, 0) is 49.4 Å². The summed E-state index contributed by atoms with van der Waals surface area (Å²) < 4.78 is 68.8. The van der Waals surface area contributed by atoms with Crippen LogP contribution in [0.25, 0.3) is 0 Å². The van der Waals surface area contributed by atoms with Crippen molar-refractivity contribution in [2.75, 3.05) is 39.6 Å². The summed E-state index contributed by atoms with van der Waals surface area (Å²) in [5.74, 6) is 1.01. The molecule has 0 aromatic carbocycles. The van der Waals surface area contributed by atoms with Crippen molar-refractivity contribution in [1.29, 1.82) is 0 Å². The zero-order chi connectivity index (χ0) is 76.0. The molecule has 0 saturated heterocycles. The normalized spacial score (nSPS) is 14.0. The lowest BCUT2D eigenvalue weighted by molar-refractivity contribution is -0.161. The summed E-state index contributed by atoms with van der Waals surface area (Å²) >= 11 is 0. The van der Waals surface area contributed by atoms with Crippen LogP contribution >= 0.6 is 15.6 Å². The second kappa shape index (κ2) is 72.9. The van der Waals surface area contributed by atoms with E-state index in [0.717, 1.165) is 114 Å². The van der Waals surface area contributed by atoms with Crippen molar-refractivity contribution in [3.8, 4) is 0 Å². The van der Waals surface area contributed by atoms with Gasteiger partial charge in [0.05, 0.1) is 26.4 Å². The second-order valence-corrected chi connectivity index (χ2v) is 35.0. The predicted octanol–water partition coefficient (Wildman–Crippen LogP) is 25.2. The molecule has 17 nitrogen and oxygen atoms in total. The average molecular weight is 1510 g/mol. The quantitative estimate of drug-likeness (QED) is 0.0222. The molecule has 0 rings (SSSR count). The number of rotatable bonds is 81. The minimum absolute atomic E-state index is 0.106. The Hall–Kier alpha value is -1.94. The van der Waals surface area contributed by atoms with Crippen LogP contribution in [0.3, 0.4) is 0 Å². The van der Waals surface area contributed by atoms with Gasteiger partial charge in [0.15, 0.2) is 12.2 Å². The zero-order valence-corrected chi connectivity index (χ0v) is 69.7. The van der Waals surface area contributed by atoms with Gasteiger partial charge in [-0.15, -0.1) is 0 Å². The van der Waals surface area contributed by atoms with Gasteiger partial charge in [-0.25, -0.2) is 9.13 Å². The molecule has 5 atom stereocenters. The molecule has 19 heteroatoms. The van der Waals surface area contributed by atoms with Crippen molar-refractivity contribution < 1.29 is 80.2 Å². The molecule has 0 saturated carbocycles. The number of carbonyl (C=O) groups is 4. The number of phosphoric acid groups is 2. The van der Waals surface area contributed by atoms with Gasteiger partial charge in [-0.3, -0.25) is 37.3 Å². The van der Waals surface area contributed by atoms with E-state index in [-0.39, 0.29) is 25.7 Å². The van der Waals surface area contributed by atoms with Crippen LogP contribution in [0.1, 0.15) is 434 Å². The fraction of sp³-hybridized carbons (Fsp3) is 0.952. The molecule has 0 amide bonds. The van der Waals surface area contributed by atoms with Crippen molar-refractivity contribution in [1.82, 2.24) is 0 Å². The van der Waals surface area contributed by atoms with Crippen LogP contribution in [0.5, 0.6) is 0 Å². The van der Waals surface area contributed by atoms with E-state index in [1.54, 1.807) is 0 Å². The maximum Gasteiger partial charge on any atom is 0.472 e. The van der Waals surface area contributed by atoms with Crippen molar-refractivity contribution >= 4 is 39.5 Å². The minimum atomic E-state index is -4.97. The van der Waals surface area contributed by atoms with Crippen LogP contribution in [0.2, 0.25) is 0 Å². The van der Waals surface area contributed by atoms with Gasteiger partial charge in [0, 0.05) is 25.7 Å². The fourth-order valence-electron chi connectivity index (χ4n) is 13.0. The Morgan fingerprint density at radius 3 is 0.602 bits per heavy atom. The fourth-order valence-corrected chi connectivity index (χ4v) is 14.5. The molecule has 0 aromatic heterocycles. The average Bonchev–Trinajstić information content (AvgIpc) is 0.932. The van der Waals surface area contributed by atoms with Crippen molar-refractivity contribution in [3.63, 3.8) is 0 Å². The maximum atomic E-state index is 13.1. The molecule has 612 valence electrons. The second-order valence-electron chi connectivity index (χ2n) is 32.1. The molecular formula is C84H164O17P2. The first kappa shape index (κ1) is 101. The monoisotopic (exact) mass is 1510 g/mol. The standard InChI is InChI=1S/C84H164O17P2/c1-74(2)60-52-44-36-28-21-16-13-11-9-10-12-14-18-25-33-42-50-58-66-83(88)100-79(70-94-81(86)64-56-48-40-32-24-19-15-17-22-29-37-45-53-61-75(3)4)72-98-102(90,91)96-68-78(85)69-97-103(92,93)99-73-80(71-95-82(87)65-57-49-41-35-27-31-39-47-55-63-77(7)8)101-84(89)67-59-51-43-34-26-20-23-30-38-46-54-62-76(5)6/h74-80,85H,9-73H2,1-8H3,(H,90,91)(H,92,93)/t78-,79-,80-/m1/s1. The van der Waals surface area contributed by atoms with E-state index in [1.165, 1.54) is 238 Å². The lowest BCUT2D eigenvalue weighted by Crippen LogP contribution is -2.30. The topological polar surface area (TPSA) is 237 Å². The maximum absolute atomic E-state index is 13.1. The molecule has 0 aromatic rings. The van der Waals surface area contributed by atoms with Gasteiger partial charge in [-0.1, -0.05) is 383 Å². The molecule has 0 heterocycles. The van der Waals surface area contributed by atoms with E-state index in [0.29, 0.717) is 25.7 Å². The highest BCUT2D eigenvalue weighted by molar-refractivity contribution is 7.47. The third-order valence-electron chi connectivity index (χ3n) is 19.6. The number of ether oxygens (including phenoxy) is 4. The summed E-state index contributed by atoms with van der Waals surface area (Å²) in [5, 5.41) is 10.7. The van der Waals surface area contributed by atoms with Gasteiger partial charge in [0.25, 0.3) is 0 Å². The largest absolute Gasteiger partial charge is 0.472 e.